The van der Waals surface area contributed by atoms with Crippen LogP contribution in [-0.4, -0.2) is 34.5 Å². The highest BCUT2D eigenvalue weighted by Crippen LogP contribution is 2.14. The van der Waals surface area contributed by atoms with Crippen LogP contribution in [0.3, 0.4) is 0 Å². The van der Waals surface area contributed by atoms with Crippen LogP contribution < -0.4 is 5.32 Å². The zero-order chi connectivity index (χ0) is 19.2. The van der Waals surface area contributed by atoms with Gasteiger partial charge in [0.15, 0.2) is 12.4 Å². The number of benzene rings is 2. The van der Waals surface area contributed by atoms with Gasteiger partial charge in [0, 0.05) is 23.1 Å². The Bertz CT molecular complexity index is 976. The summed E-state index contributed by atoms with van der Waals surface area (Å²) in [6.45, 7) is 1.57. The van der Waals surface area contributed by atoms with Crippen molar-refractivity contribution in [1.82, 2.24) is 10.2 Å². The summed E-state index contributed by atoms with van der Waals surface area (Å²) in [7, 11) is 0. The first kappa shape index (κ1) is 18.3. The largest absolute Gasteiger partial charge is 0.454 e. The highest BCUT2D eigenvalue weighted by Gasteiger charge is 2.13. The lowest BCUT2D eigenvalue weighted by atomic mass is 10.1. The third-order valence-corrected chi connectivity index (χ3v) is 3.98. The van der Waals surface area contributed by atoms with Gasteiger partial charge in [-0.25, -0.2) is 4.79 Å². The maximum absolute atomic E-state index is 12.2. The molecule has 3 aromatic rings. The minimum absolute atomic E-state index is 0.0697. The number of amides is 1. The quantitative estimate of drug-likeness (QED) is 0.494. The monoisotopic (exact) mass is 365 g/mol. The molecule has 3 rings (SSSR count). The van der Waals surface area contributed by atoms with Crippen LogP contribution in [0.1, 0.15) is 40.5 Å². The minimum Gasteiger partial charge on any atom is -0.454 e. The van der Waals surface area contributed by atoms with Crippen molar-refractivity contribution in [3.05, 3.63) is 59.8 Å². The first-order chi connectivity index (χ1) is 13.1. The first-order valence-electron chi connectivity index (χ1n) is 8.60. The first-order valence-corrected chi connectivity index (χ1v) is 8.60. The number of carbonyl (C=O) groups is 3. The number of rotatable bonds is 7. The van der Waals surface area contributed by atoms with Crippen LogP contribution in [-0.2, 0) is 9.53 Å². The molecule has 0 saturated heterocycles. The van der Waals surface area contributed by atoms with Gasteiger partial charge in [0.1, 0.15) is 0 Å². The molecule has 0 radical (unpaired) electrons. The lowest BCUT2D eigenvalue weighted by molar-refractivity contribution is -0.116. The van der Waals surface area contributed by atoms with E-state index in [4.69, 9.17) is 4.74 Å². The molecule has 1 aromatic heterocycles. The average molecular weight is 365 g/mol. The van der Waals surface area contributed by atoms with Crippen LogP contribution in [0.15, 0.2) is 48.7 Å². The van der Waals surface area contributed by atoms with Crippen LogP contribution in [0.5, 0.6) is 0 Å². The van der Waals surface area contributed by atoms with Gasteiger partial charge in [0.25, 0.3) is 0 Å². The molecule has 1 amide bonds. The van der Waals surface area contributed by atoms with Crippen molar-refractivity contribution in [1.29, 1.82) is 0 Å². The summed E-state index contributed by atoms with van der Waals surface area (Å²) in [5.41, 5.74) is 2.08. The Kier molecular flexibility index (Phi) is 5.61. The van der Waals surface area contributed by atoms with E-state index in [0.29, 0.717) is 23.2 Å². The van der Waals surface area contributed by atoms with Crippen molar-refractivity contribution < 1.29 is 19.1 Å². The van der Waals surface area contributed by atoms with Crippen LogP contribution in [0.25, 0.3) is 10.9 Å². The summed E-state index contributed by atoms with van der Waals surface area (Å²) in [6.07, 6.45) is 2.87. The van der Waals surface area contributed by atoms with E-state index in [-0.39, 0.29) is 18.3 Å². The summed E-state index contributed by atoms with van der Waals surface area (Å²) in [5, 5.41) is 10.3. The fourth-order valence-corrected chi connectivity index (χ4v) is 2.55. The summed E-state index contributed by atoms with van der Waals surface area (Å²) in [4.78, 5) is 35.9. The molecular weight excluding hydrogens is 346 g/mol. The fourth-order valence-electron chi connectivity index (χ4n) is 2.55. The van der Waals surface area contributed by atoms with Gasteiger partial charge < -0.3 is 10.1 Å². The topological polar surface area (TPSA) is 101 Å². The Balaban J connectivity index is 1.56. The van der Waals surface area contributed by atoms with Gasteiger partial charge in [-0.05, 0) is 42.8 Å². The van der Waals surface area contributed by atoms with Gasteiger partial charge in [0.2, 0.25) is 5.91 Å². The molecule has 0 aliphatic carbocycles. The van der Waals surface area contributed by atoms with E-state index in [9.17, 15) is 14.4 Å². The predicted octanol–water partition coefficient (Wildman–Crippen LogP) is 3.34. The molecule has 1 heterocycles. The number of aromatic amines is 1. The highest BCUT2D eigenvalue weighted by atomic mass is 16.5. The van der Waals surface area contributed by atoms with Crippen molar-refractivity contribution >= 4 is 34.3 Å². The second-order valence-electron chi connectivity index (χ2n) is 6.05. The van der Waals surface area contributed by atoms with Gasteiger partial charge in [-0.1, -0.05) is 13.0 Å². The second-order valence-corrected chi connectivity index (χ2v) is 6.05. The number of anilines is 1. The van der Waals surface area contributed by atoms with E-state index in [2.05, 4.69) is 15.5 Å². The molecule has 2 aromatic carbocycles. The molecule has 0 fully saturated rings. The highest BCUT2D eigenvalue weighted by molar-refractivity contribution is 6.00. The Morgan fingerprint density at radius 1 is 1.07 bits per heavy atom. The molecule has 7 nitrogen and oxygen atoms in total. The molecule has 0 saturated carbocycles. The predicted molar refractivity (Wildman–Crippen MR) is 101 cm³/mol. The molecule has 0 atom stereocenters. The summed E-state index contributed by atoms with van der Waals surface area (Å²) in [6, 6.07) is 11.5. The molecule has 7 heteroatoms. The van der Waals surface area contributed by atoms with Crippen LogP contribution >= 0.6 is 0 Å². The zero-order valence-electron chi connectivity index (χ0n) is 14.8. The minimum atomic E-state index is -0.580. The fraction of sp³-hybridized carbons (Fsp3) is 0.200. The van der Waals surface area contributed by atoms with Crippen LogP contribution in [0.2, 0.25) is 0 Å². The number of nitrogens with one attached hydrogen (secondary N) is 2. The Morgan fingerprint density at radius 3 is 2.56 bits per heavy atom. The van der Waals surface area contributed by atoms with Gasteiger partial charge in [0.05, 0.1) is 17.3 Å². The number of Topliss-reactive ketones (excluding diaryl/α,β-unsaturated/α-hetero) is 1. The van der Waals surface area contributed by atoms with Crippen molar-refractivity contribution in [3.8, 4) is 0 Å². The van der Waals surface area contributed by atoms with Crippen molar-refractivity contribution in [3.63, 3.8) is 0 Å². The molecule has 2 N–H and O–H groups in total. The molecule has 0 unspecified atom stereocenters. The lowest BCUT2D eigenvalue weighted by Crippen LogP contribution is -2.14. The van der Waals surface area contributed by atoms with Crippen LogP contribution in [0, 0.1) is 0 Å². The lowest BCUT2D eigenvalue weighted by Gasteiger charge is -2.07. The number of fused-ring (bicyclic) bond motifs is 1. The normalized spacial score (nSPS) is 10.6. The molecule has 0 spiro atoms. The molecule has 27 heavy (non-hydrogen) atoms. The molecule has 138 valence electrons. The van der Waals surface area contributed by atoms with Gasteiger partial charge >= 0.3 is 5.97 Å². The summed E-state index contributed by atoms with van der Waals surface area (Å²) < 4.78 is 5.10. The number of esters is 1. The van der Waals surface area contributed by atoms with E-state index < -0.39 is 5.97 Å². The number of aromatic nitrogens is 2. The summed E-state index contributed by atoms with van der Waals surface area (Å²) in [5.74, 6) is -0.972. The number of ketones is 1. The number of H-pyrrole nitrogens is 1. The van der Waals surface area contributed by atoms with Crippen molar-refractivity contribution in [2.45, 2.75) is 19.8 Å². The van der Waals surface area contributed by atoms with Gasteiger partial charge in [-0.3, -0.25) is 14.7 Å². The van der Waals surface area contributed by atoms with E-state index in [1.165, 1.54) is 0 Å². The van der Waals surface area contributed by atoms with Crippen molar-refractivity contribution in [2.75, 3.05) is 11.9 Å². The molecule has 0 bridgehead atoms. The Labute approximate surface area is 155 Å². The standard InChI is InChI=1S/C20H19N3O4/c1-2-3-19(25)22-16-8-6-13(7-9-16)18(24)12-27-20(26)14-4-5-15-11-21-23-17(15)10-14/h4-11H,2-3,12H2,1H3,(H,21,23)(H,22,25). The number of ether oxygens (including phenoxy) is 1. The van der Waals surface area contributed by atoms with E-state index in [1.807, 2.05) is 6.92 Å². The number of carbonyl (C=O) groups excluding carboxylic acids is 3. The SMILES string of the molecule is CCCC(=O)Nc1ccc(C(=O)COC(=O)c2ccc3cn[nH]c3c2)cc1. The summed E-state index contributed by atoms with van der Waals surface area (Å²) >= 11 is 0. The maximum atomic E-state index is 12.2. The number of nitrogens with zero attached hydrogens (tertiary/aromatic N) is 1. The molecular formula is C20H19N3O4. The van der Waals surface area contributed by atoms with E-state index in [1.54, 1.807) is 48.7 Å². The van der Waals surface area contributed by atoms with Gasteiger partial charge in [-0.2, -0.15) is 5.10 Å². The third kappa shape index (κ3) is 4.58. The maximum Gasteiger partial charge on any atom is 0.338 e. The van der Waals surface area contributed by atoms with Crippen LogP contribution in [0.4, 0.5) is 5.69 Å². The Morgan fingerprint density at radius 2 is 1.81 bits per heavy atom. The zero-order valence-corrected chi connectivity index (χ0v) is 14.8. The molecule has 0 aliphatic heterocycles. The average Bonchev–Trinajstić information content (AvgIpc) is 3.14. The molecule has 0 aliphatic rings. The number of hydrogen-bond acceptors (Lipinski definition) is 5. The third-order valence-electron chi connectivity index (χ3n) is 3.98. The van der Waals surface area contributed by atoms with E-state index in [0.717, 1.165) is 17.3 Å². The Hall–Kier alpha value is -3.48. The van der Waals surface area contributed by atoms with Gasteiger partial charge in [-0.15, -0.1) is 0 Å². The van der Waals surface area contributed by atoms with Crippen molar-refractivity contribution in [2.24, 2.45) is 0 Å². The van der Waals surface area contributed by atoms with E-state index >= 15 is 0 Å². The smallest absolute Gasteiger partial charge is 0.338 e. The number of hydrogen-bond donors (Lipinski definition) is 2. The second kappa shape index (κ2) is 8.27.